The molecule has 1 N–H and O–H groups in total. The van der Waals surface area contributed by atoms with Gasteiger partial charge in [0.05, 0.1) is 6.04 Å². The normalized spacial score (nSPS) is 12.7. The molecule has 0 aliphatic rings. The van der Waals surface area contributed by atoms with Crippen molar-refractivity contribution in [1.82, 2.24) is 10.2 Å². The van der Waals surface area contributed by atoms with Gasteiger partial charge in [0, 0.05) is 12.1 Å². The predicted octanol–water partition coefficient (Wildman–Crippen LogP) is 3.62. The van der Waals surface area contributed by atoms with Gasteiger partial charge in [0.1, 0.15) is 5.75 Å². The van der Waals surface area contributed by atoms with Crippen LogP contribution < -0.4 is 10.1 Å². The van der Waals surface area contributed by atoms with Crippen LogP contribution >= 0.6 is 0 Å². The van der Waals surface area contributed by atoms with Gasteiger partial charge >= 0.3 is 6.36 Å². The number of nitrogens with zero attached hydrogens (tertiary/aromatic N) is 1. The average Bonchev–Trinajstić information content (AvgIpc) is 2.54. The smallest absolute Gasteiger partial charge is 0.406 e. The number of hydrogen-bond donors (Lipinski definition) is 1. The molecule has 2 rings (SSSR count). The largest absolute Gasteiger partial charge is 0.573 e. The van der Waals surface area contributed by atoms with Crippen LogP contribution in [-0.2, 0) is 0 Å². The maximum atomic E-state index is 12.4. The molecular weight excluding hydrogens is 333 g/mol. The highest BCUT2D eigenvalue weighted by atomic mass is 19.4. The van der Waals surface area contributed by atoms with Crippen molar-refractivity contribution in [3.8, 4) is 5.75 Å². The number of ether oxygens (including phenoxy) is 1. The zero-order valence-electron chi connectivity index (χ0n) is 13.9. The molecule has 0 unspecified atom stereocenters. The minimum Gasteiger partial charge on any atom is -0.406 e. The zero-order chi connectivity index (χ0) is 18.4. The van der Waals surface area contributed by atoms with Gasteiger partial charge in [-0.3, -0.25) is 4.79 Å². The number of rotatable bonds is 6. The fourth-order valence-corrected chi connectivity index (χ4v) is 2.33. The Morgan fingerprint density at radius 1 is 1.08 bits per heavy atom. The van der Waals surface area contributed by atoms with Gasteiger partial charge in [-0.25, -0.2) is 0 Å². The summed E-state index contributed by atoms with van der Waals surface area (Å²) in [7, 11) is 3.79. The number of nitrogens with one attached hydrogen (secondary N) is 1. The number of hydrogen-bond acceptors (Lipinski definition) is 3. The van der Waals surface area contributed by atoms with E-state index >= 15 is 0 Å². The van der Waals surface area contributed by atoms with Gasteiger partial charge in [-0.1, -0.05) is 30.3 Å². The maximum Gasteiger partial charge on any atom is 0.573 e. The summed E-state index contributed by atoms with van der Waals surface area (Å²) in [4.78, 5) is 14.4. The third kappa shape index (κ3) is 6.11. The Labute approximate surface area is 144 Å². The third-order valence-electron chi connectivity index (χ3n) is 3.41. The first kappa shape index (κ1) is 18.8. The Kier molecular flexibility index (Phi) is 6.03. The Balaban J connectivity index is 2.10. The fourth-order valence-electron chi connectivity index (χ4n) is 2.33. The van der Waals surface area contributed by atoms with Crippen LogP contribution in [-0.4, -0.2) is 37.8 Å². The molecule has 0 heterocycles. The molecule has 0 radical (unpaired) electrons. The van der Waals surface area contributed by atoms with E-state index in [0.29, 0.717) is 6.54 Å². The molecule has 25 heavy (non-hydrogen) atoms. The molecule has 0 saturated carbocycles. The van der Waals surface area contributed by atoms with Crippen molar-refractivity contribution in [3.05, 3.63) is 65.7 Å². The van der Waals surface area contributed by atoms with E-state index in [1.807, 2.05) is 49.3 Å². The Hall–Kier alpha value is -2.54. The molecule has 1 atom stereocenters. The second-order valence-electron chi connectivity index (χ2n) is 5.77. The molecular formula is C18H19F3N2O2. The molecule has 0 saturated heterocycles. The van der Waals surface area contributed by atoms with Crippen LogP contribution in [0.2, 0.25) is 0 Å². The first-order valence-electron chi connectivity index (χ1n) is 7.61. The van der Waals surface area contributed by atoms with Gasteiger partial charge in [0.2, 0.25) is 0 Å². The van der Waals surface area contributed by atoms with Crippen LogP contribution in [0.4, 0.5) is 13.2 Å². The number of amides is 1. The van der Waals surface area contributed by atoms with Crippen molar-refractivity contribution in [2.45, 2.75) is 12.4 Å². The highest BCUT2D eigenvalue weighted by Gasteiger charge is 2.31. The van der Waals surface area contributed by atoms with E-state index in [1.54, 1.807) is 0 Å². The van der Waals surface area contributed by atoms with E-state index in [-0.39, 0.29) is 23.3 Å². The summed E-state index contributed by atoms with van der Waals surface area (Å²) in [5, 5.41) is 2.91. The molecule has 0 bridgehead atoms. The van der Waals surface area contributed by atoms with Crippen LogP contribution in [0, 0.1) is 0 Å². The lowest BCUT2D eigenvalue weighted by molar-refractivity contribution is -0.274. The number of halogens is 3. The lowest BCUT2D eigenvalue weighted by atomic mass is 10.1. The standard InChI is InChI=1S/C18H19F3N2O2/c1-23(2)12-16(13-6-4-3-5-7-13)22-17(24)14-8-10-15(11-9-14)25-18(19,20)21/h3-11,16H,12H2,1-2H3,(H,22,24)/t16-/m0/s1. The molecule has 134 valence electrons. The molecule has 1 amide bonds. The summed E-state index contributed by atoms with van der Waals surface area (Å²) in [6.45, 7) is 0.588. The summed E-state index contributed by atoms with van der Waals surface area (Å²) in [6, 6.07) is 14.1. The van der Waals surface area contributed by atoms with E-state index in [4.69, 9.17) is 0 Å². The fraction of sp³-hybridized carbons (Fsp3) is 0.278. The number of carbonyl (C=O) groups is 1. The second-order valence-corrected chi connectivity index (χ2v) is 5.77. The molecule has 4 nitrogen and oxygen atoms in total. The van der Waals surface area contributed by atoms with E-state index in [1.165, 1.54) is 12.1 Å². The second kappa shape index (κ2) is 8.02. The van der Waals surface area contributed by atoms with Gasteiger partial charge < -0.3 is 15.0 Å². The number of alkyl halides is 3. The van der Waals surface area contributed by atoms with Crippen LogP contribution in [0.25, 0.3) is 0 Å². The topological polar surface area (TPSA) is 41.6 Å². The molecule has 0 aromatic heterocycles. The summed E-state index contributed by atoms with van der Waals surface area (Å²) in [5.41, 5.74) is 1.20. The van der Waals surface area contributed by atoms with Crippen LogP contribution in [0.1, 0.15) is 22.0 Å². The van der Waals surface area contributed by atoms with E-state index in [0.717, 1.165) is 17.7 Å². The van der Waals surface area contributed by atoms with Gasteiger partial charge in [-0.05, 0) is 43.9 Å². The van der Waals surface area contributed by atoms with E-state index < -0.39 is 6.36 Å². The van der Waals surface area contributed by atoms with Crippen molar-refractivity contribution < 1.29 is 22.7 Å². The summed E-state index contributed by atoms with van der Waals surface area (Å²) >= 11 is 0. The average molecular weight is 352 g/mol. The van der Waals surface area contributed by atoms with Crippen molar-refractivity contribution in [3.63, 3.8) is 0 Å². The molecule has 0 aliphatic carbocycles. The lowest BCUT2D eigenvalue weighted by Gasteiger charge is -2.23. The third-order valence-corrected chi connectivity index (χ3v) is 3.41. The van der Waals surface area contributed by atoms with Gasteiger partial charge in [-0.15, -0.1) is 13.2 Å². The zero-order valence-corrected chi connectivity index (χ0v) is 13.9. The predicted molar refractivity (Wildman–Crippen MR) is 88.3 cm³/mol. The summed E-state index contributed by atoms with van der Waals surface area (Å²) in [6.07, 6.45) is -4.76. The maximum absolute atomic E-state index is 12.4. The highest BCUT2D eigenvalue weighted by Crippen LogP contribution is 2.23. The molecule has 2 aromatic carbocycles. The van der Waals surface area contributed by atoms with Crippen molar-refractivity contribution in [1.29, 1.82) is 0 Å². The van der Waals surface area contributed by atoms with Gasteiger partial charge in [0.25, 0.3) is 5.91 Å². The van der Waals surface area contributed by atoms with Gasteiger partial charge in [-0.2, -0.15) is 0 Å². The Morgan fingerprint density at radius 3 is 2.20 bits per heavy atom. The first-order valence-corrected chi connectivity index (χ1v) is 7.61. The molecule has 0 aliphatic heterocycles. The van der Waals surface area contributed by atoms with Crippen LogP contribution in [0.5, 0.6) is 5.75 Å². The van der Waals surface area contributed by atoms with Crippen LogP contribution in [0.3, 0.4) is 0 Å². The number of likely N-dealkylation sites (N-methyl/N-ethyl adjacent to an activating group) is 1. The lowest BCUT2D eigenvalue weighted by Crippen LogP contribution is -2.35. The van der Waals surface area contributed by atoms with Crippen molar-refractivity contribution >= 4 is 5.91 Å². The molecule has 0 spiro atoms. The Morgan fingerprint density at radius 2 is 1.68 bits per heavy atom. The van der Waals surface area contributed by atoms with Crippen LogP contribution in [0.15, 0.2) is 54.6 Å². The molecule has 2 aromatic rings. The van der Waals surface area contributed by atoms with E-state index in [9.17, 15) is 18.0 Å². The first-order chi connectivity index (χ1) is 11.7. The van der Waals surface area contributed by atoms with Crippen molar-refractivity contribution in [2.75, 3.05) is 20.6 Å². The number of carbonyl (C=O) groups excluding carboxylic acids is 1. The minimum atomic E-state index is -4.76. The minimum absolute atomic E-state index is 0.241. The summed E-state index contributed by atoms with van der Waals surface area (Å²) < 4.78 is 40.3. The summed E-state index contributed by atoms with van der Waals surface area (Å²) in [5.74, 6) is -0.730. The van der Waals surface area contributed by atoms with Gasteiger partial charge in [0.15, 0.2) is 0 Å². The molecule has 0 fully saturated rings. The SMILES string of the molecule is CN(C)C[C@H](NC(=O)c1ccc(OC(F)(F)F)cc1)c1ccccc1. The monoisotopic (exact) mass is 352 g/mol. The number of benzene rings is 2. The van der Waals surface area contributed by atoms with E-state index in [2.05, 4.69) is 10.1 Å². The quantitative estimate of drug-likeness (QED) is 0.863. The Bertz CT molecular complexity index is 686. The molecule has 7 heteroatoms. The van der Waals surface area contributed by atoms with Crippen molar-refractivity contribution in [2.24, 2.45) is 0 Å². The highest BCUT2D eigenvalue weighted by molar-refractivity contribution is 5.94.